The van der Waals surface area contributed by atoms with Gasteiger partial charge in [-0.05, 0) is 29.8 Å². The highest BCUT2D eigenvalue weighted by Crippen LogP contribution is 2.11. The van der Waals surface area contributed by atoms with Crippen LogP contribution in [0.5, 0.6) is 5.75 Å². The van der Waals surface area contributed by atoms with E-state index >= 15 is 0 Å². The predicted molar refractivity (Wildman–Crippen MR) is 85.2 cm³/mol. The molecule has 1 amide bonds. The number of aromatic nitrogens is 1. The van der Waals surface area contributed by atoms with Crippen molar-refractivity contribution in [1.29, 1.82) is 0 Å². The molecule has 1 aromatic carbocycles. The Balaban J connectivity index is 1.66. The van der Waals surface area contributed by atoms with E-state index in [0.29, 0.717) is 12.2 Å². The molecule has 2 rings (SSSR count). The lowest BCUT2D eigenvalue weighted by Crippen LogP contribution is -2.34. The quantitative estimate of drug-likeness (QED) is 0.769. The molecule has 0 bridgehead atoms. The molecule has 23 heavy (non-hydrogen) atoms. The number of pyridine rings is 1. The van der Waals surface area contributed by atoms with Gasteiger partial charge in [0.15, 0.2) is 0 Å². The van der Waals surface area contributed by atoms with Crippen LogP contribution in [0.3, 0.4) is 0 Å². The van der Waals surface area contributed by atoms with E-state index in [2.05, 4.69) is 10.3 Å². The largest absolute Gasteiger partial charge is 0.497 e. The van der Waals surface area contributed by atoms with E-state index in [9.17, 15) is 9.90 Å². The number of carbonyl (C=O) groups is 1. The van der Waals surface area contributed by atoms with Crippen molar-refractivity contribution in [3.05, 3.63) is 59.9 Å². The highest BCUT2D eigenvalue weighted by Gasteiger charge is 2.09. The van der Waals surface area contributed by atoms with Gasteiger partial charge in [-0.15, -0.1) is 0 Å². The van der Waals surface area contributed by atoms with Crippen LogP contribution < -0.4 is 10.1 Å². The highest BCUT2D eigenvalue weighted by molar-refractivity contribution is 5.93. The zero-order valence-corrected chi connectivity index (χ0v) is 12.9. The molecular weight excluding hydrogens is 296 g/mol. The molecule has 0 saturated heterocycles. The number of aliphatic hydroxyl groups is 1. The van der Waals surface area contributed by atoms with Gasteiger partial charge in [-0.3, -0.25) is 9.78 Å². The Bertz CT molecular complexity index is 602. The van der Waals surface area contributed by atoms with Crippen LogP contribution in [0.25, 0.3) is 0 Å². The molecule has 0 unspecified atom stereocenters. The summed E-state index contributed by atoms with van der Waals surface area (Å²) in [7, 11) is 1.61. The minimum Gasteiger partial charge on any atom is -0.497 e. The molecule has 0 radical (unpaired) electrons. The van der Waals surface area contributed by atoms with E-state index in [1.807, 2.05) is 24.3 Å². The van der Waals surface area contributed by atoms with Gasteiger partial charge in [0, 0.05) is 18.9 Å². The molecule has 0 aliphatic rings. The number of amides is 1. The molecule has 1 aromatic heterocycles. The van der Waals surface area contributed by atoms with Gasteiger partial charge in [-0.1, -0.05) is 12.1 Å². The van der Waals surface area contributed by atoms with Gasteiger partial charge in [0.2, 0.25) is 0 Å². The van der Waals surface area contributed by atoms with Gasteiger partial charge in [-0.2, -0.15) is 0 Å². The normalized spacial score (nSPS) is 11.7. The average Bonchev–Trinajstić information content (AvgIpc) is 2.61. The first-order chi connectivity index (χ1) is 11.2. The van der Waals surface area contributed by atoms with Crippen LogP contribution in [-0.2, 0) is 11.3 Å². The number of ether oxygens (including phenoxy) is 2. The maximum absolute atomic E-state index is 11.8. The van der Waals surface area contributed by atoms with Gasteiger partial charge >= 0.3 is 0 Å². The molecule has 122 valence electrons. The minimum absolute atomic E-state index is 0.121. The highest BCUT2D eigenvalue weighted by atomic mass is 16.5. The Kier molecular flexibility index (Phi) is 6.53. The molecule has 0 spiro atoms. The second-order valence-corrected chi connectivity index (χ2v) is 4.97. The summed E-state index contributed by atoms with van der Waals surface area (Å²) in [6.07, 6.45) is 2.30. The third kappa shape index (κ3) is 5.69. The van der Waals surface area contributed by atoms with Crippen molar-refractivity contribution in [2.75, 3.05) is 20.3 Å². The van der Waals surface area contributed by atoms with Gasteiger partial charge in [0.05, 0.1) is 32.0 Å². The molecule has 2 N–H and O–H groups in total. The van der Waals surface area contributed by atoms with Crippen molar-refractivity contribution >= 4 is 5.91 Å². The number of methoxy groups -OCH3 is 1. The van der Waals surface area contributed by atoms with E-state index in [0.717, 1.165) is 11.3 Å². The molecule has 0 saturated carbocycles. The molecule has 2 aromatic rings. The number of carbonyl (C=O) groups excluding carboxylic acids is 1. The maximum atomic E-state index is 11.8. The van der Waals surface area contributed by atoms with Crippen molar-refractivity contribution in [3.63, 3.8) is 0 Å². The first-order valence-corrected chi connectivity index (χ1v) is 7.26. The predicted octanol–water partition coefficient (Wildman–Crippen LogP) is 1.40. The first-order valence-electron chi connectivity index (χ1n) is 7.26. The Morgan fingerprint density at radius 2 is 2.09 bits per heavy atom. The van der Waals surface area contributed by atoms with Crippen LogP contribution in [0.4, 0.5) is 0 Å². The molecule has 1 heterocycles. The van der Waals surface area contributed by atoms with Crippen molar-refractivity contribution < 1.29 is 19.4 Å². The smallest absolute Gasteiger partial charge is 0.252 e. The Hall–Kier alpha value is -2.44. The Morgan fingerprint density at radius 3 is 2.74 bits per heavy atom. The van der Waals surface area contributed by atoms with Crippen molar-refractivity contribution in [1.82, 2.24) is 10.3 Å². The monoisotopic (exact) mass is 316 g/mol. The summed E-state index contributed by atoms with van der Waals surface area (Å²) >= 11 is 0. The third-order valence-corrected chi connectivity index (χ3v) is 3.16. The SMILES string of the molecule is COc1ccc(COC[C@@H](O)CNC(=O)c2cccnc2)cc1. The number of benzene rings is 1. The van der Waals surface area contributed by atoms with Crippen LogP contribution in [-0.4, -0.2) is 42.4 Å². The fraction of sp³-hybridized carbons (Fsp3) is 0.294. The fourth-order valence-electron chi connectivity index (χ4n) is 1.90. The fourth-order valence-corrected chi connectivity index (χ4v) is 1.90. The number of nitrogens with one attached hydrogen (secondary N) is 1. The maximum Gasteiger partial charge on any atom is 0.252 e. The van der Waals surface area contributed by atoms with E-state index in [1.165, 1.54) is 6.20 Å². The lowest BCUT2D eigenvalue weighted by Gasteiger charge is -2.12. The zero-order valence-electron chi connectivity index (χ0n) is 12.9. The van der Waals surface area contributed by atoms with Crippen LogP contribution in [0.1, 0.15) is 15.9 Å². The summed E-state index contributed by atoms with van der Waals surface area (Å²) < 4.78 is 10.5. The van der Waals surface area contributed by atoms with Crippen molar-refractivity contribution in [2.45, 2.75) is 12.7 Å². The van der Waals surface area contributed by atoms with E-state index in [4.69, 9.17) is 9.47 Å². The van der Waals surface area contributed by atoms with Crippen LogP contribution in [0.15, 0.2) is 48.8 Å². The van der Waals surface area contributed by atoms with Crippen LogP contribution in [0.2, 0.25) is 0 Å². The Labute approximate surface area is 135 Å². The zero-order chi connectivity index (χ0) is 16.5. The van der Waals surface area contributed by atoms with Crippen LogP contribution >= 0.6 is 0 Å². The van der Waals surface area contributed by atoms with Crippen molar-refractivity contribution in [2.24, 2.45) is 0 Å². The number of hydrogen-bond donors (Lipinski definition) is 2. The summed E-state index contributed by atoms with van der Waals surface area (Å²) in [6, 6.07) is 10.8. The number of hydrogen-bond acceptors (Lipinski definition) is 5. The number of rotatable bonds is 8. The lowest BCUT2D eigenvalue weighted by atomic mass is 10.2. The van der Waals surface area contributed by atoms with E-state index in [-0.39, 0.29) is 19.1 Å². The average molecular weight is 316 g/mol. The van der Waals surface area contributed by atoms with Crippen molar-refractivity contribution in [3.8, 4) is 5.75 Å². The number of aliphatic hydroxyl groups excluding tert-OH is 1. The molecule has 0 aliphatic heterocycles. The molecule has 0 fully saturated rings. The summed E-state index contributed by atoms with van der Waals surface area (Å²) in [5, 5.41) is 12.5. The first kappa shape index (κ1) is 16.9. The summed E-state index contributed by atoms with van der Waals surface area (Å²) in [6.45, 7) is 0.646. The lowest BCUT2D eigenvalue weighted by molar-refractivity contribution is 0.0285. The summed E-state index contributed by atoms with van der Waals surface area (Å²) in [4.78, 5) is 15.7. The summed E-state index contributed by atoms with van der Waals surface area (Å²) in [5.74, 6) is 0.513. The minimum atomic E-state index is -0.770. The topological polar surface area (TPSA) is 80.7 Å². The van der Waals surface area contributed by atoms with Gasteiger partial charge in [0.25, 0.3) is 5.91 Å². The molecule has 0 aliphatic carbocycles. The van der Waals surface area contributed by atoms with E-state index < -0.39 is 6.10 Å². The number of nitrogens with zero attached hydrogens (tertiary/aromatic N) is 1. The third-order valence-electron chi connectivity index (χ3n) is 3.16. The van der Waals surface area contributed by atoms with Gasteiger partial charge in [-0.25, -0.2) is 0 Å². The standard InChI is InChI=1S/C17H20N2O4/c1-22-16-6-4-13(5-7-16)11-23-12-15(20)10-19-17(21)14-3-2-8-18-9-14/h2-9,15,20H,10-12H2,1H3,(H,19,21)/t15-/m0/s1. The van der Waals surface area contributed by atoms with Crippen LogP contribution in [0, 0.1) is 0 Å². The molecule has 1 atom stereocenters. The molecule has 6 heteroatoms. The summed E-state index contributed by atoms with van der Waals surface area (Å²) in [5.41, 5.74) is 1.44. The second-order valence-electron chi connectivity index (χ2n) is 4.97. The van der Waals surface area contributed by atoms with Gasteiger partial charge < -0.3 is 19.9 Å². The van der Waals surface area contributed by atoms with Gasteiger partial charge in [0.1, 0.15) is 5.75 Å². The Morgan fingerprint density at radius 1 is 1.30 bits per heavy atom. The molecule has 6 nitrogen and oxygen atoms in total. The molecular formula is C17H20N2O4. The second kappa shape index (κ2) is 8.87. The van der Waals surface area contributed by atoms with E-state index in [1.54, 1.807) is 25.4 Å².